The molecule has 0 radical (unpaired) electrons. The smallest absolute Gasteiger partial charge is 0.131 e. The van der Waals surface area contributed by atoms with Crippen LogP contribution in [0, 0.1) is 0 Å². The Kier molecular flexibility index (Phi) is 3.41. The number of anilines is 2. The number of hydrogen-bond donors (Lipinski definition) is 1. The lowest BCUT2D eigenvalue weighted by Crippen LogP contribution is -1.93. The molecule has 0 aliphatic heterocycles. The molecule has 0 saturated heterocycles. The summed E-state index contributed by atoms with van der Waals surface area (Å²) in [6.07, 6.45) is 0. The van der Waals surface area contributed by atoms with Crippen LogP contribution in [0.3, 0.4) is 0 Å². The lowest BCUT2D eigenvalue weighted by Gasteiger charge is -2.07. The number of hydrogen-bond acceptors (Lipinski definition) is 3. The number of ether oxygens (including phenoxy) is 1. The summed E-state index contributed by atoms with van der Waals surface area (Å²) < 4.78 is 5.95. The largest absolute Gasteiger partial charge is 0.497 e. The van der Waals surface area contributed by atoms with E-state index in [1.165, 1.54) is 0 Å². The Morgan fingerprint density at radius 2 is 2.00 bits per heavy atom. The van der Waals surface area contributed by atoms with E-state index < -0.39 is 0 Å². The van der Waals surface area contributed by atoms with Crippen LogP contribution in [-0.2, 0) is 0 Å². The standard InChI is InChI=1S/C12H11BrN2O/c1-16-10-5-2-4-9(8-10)14-12-7-3-6-11(13)15-12/h2-8H,1H3,(H,14,15). The van der Waals surface area contributed by atoms with E-state index in [1.54, 1.807) is 7.11 Å². The Morgan fingerprint density at radius 1 is 1.19 bits per heavy atom. The molecule has 0 atom stereocenters. The number of benzene rings is 1. The van der Waals surface area contributed by atoms with Gasteiger partial charge in [0.25, 0.3) is 0 Å². The second kappa shape index (κ2) is 4.99. The van der Waals surface area contributed by atoms with Crippen molar-refractivity contribution in [2.45, 2.75) is 0 Å². The number of halogens is 1. The minimum atomic E-state index is 0.794. The van der Waals surface area contributed by atoms with Gasteiger partial charge in [-0.05, 0) is 40.2 Å². The van der Waals surface area contributed by atoms with Crippen molar-refractivity contribution >= 4 is 27.4 Å². The van der Waals surface area contributed by atoms with Gasteiger partial charge < -0.3 is 10.1 Å². The zero-order valence-corrected chi connectivity index (χ0v) is 10.4. The summed E-state index contributed by atoms with van der Waals surface area (Å²) in [5, 5.41) is 3.20. The zero-order valence-electron chi connectivity index (χ0n) is 8.77. The van der Waals surface area contributed by atoms with Crippen LogP contribution in [0.15, 0.2) is 47.1 Å². The summed E-state index contributed by atoms with van der Waals surface area (Å²) in [6, 6.07) is 13.4. The predicted molar refractivity (Wildman–Crippen MR) is 68.2 cm³/mol. The molecule has 0 unspecified atom stereocenters. The van der Waals surface area contributed by atoms with Crippen molar-refractivity contribution in [3.8, 4) is 5.75 Å². The lowest BCUT2D eigenvalue weighted by atomic mass is 10.3. The molecule has 1 heterocycles. The van der Waals surface area contributed by atoms with Crippen LogP contribution in [0.1, 0.15) is 0 Å². The highest BCUT2D eigenvalue weighted by Gasteiger charge is 1.98. The number of nitrogens with one attached hydrogen (secondary N) is 1. The molecule has 16 heavy (non-hydrogen) atoms. The molecular formula is C12H11BrN2O. The number of aromatic nitrogens is 1. The molecule has 0 aliphatic carbocycles. The van der Waals surface area contributed by atoms with Crippen LogP contribution in [0.2, 0.25) is 0 Å². The Bertz CT molecular complexity index is 488. The molecule has 1 aromatic carbocycles. The van der Waals surface area contributed by atoms with Crippen molar-refractivity contribution in [1.82, 2.24) is 4.98 Å². The van der Waals surface area contributed by atoms with Crippen LogP contribution >= 0.6 is 15.9 Å². The fourth-order valence-corrected chi connectivity index (χ4v) is 1.67. The van der Waals surface area contributed by atoms with E-state index in [4.69, 9.17) is 4.74 Å². The summed E-state index contributed by atoms with van der Waals surface area (Å²) in [5.41, 5.74) is 0.949. The van der Waals surface area contributed by atoms with Gasteiger partial charge in [0, 0.05) is 11.8 Å². The maximum atomic E-state index is 5.15. The van der Waals surface area contributed by atoms with Gasteiger partial charge in [0.15, 0.2) is 0 Å². The van der Waals surface area contributed by atoms with Gasteiger partial charge in [-0.15, -0.1) is 0 Å². The average molecular weight is 279 g/mol. The molecule has 0 bridgehead atoms. The Morgan fingerprint density at radius 3 is 2.75 bits per heavy atom. The van der Waals surface area contributed by atoms with Crippen molar-refractivity contribution < 1.29 is 4.74 Å². The first kappa shape index (κ1) is 11.0. The summed E-state index contributed by atoms with van der Waals surface area (Å²) in [4.78, 5) is 4.29. The Hall–Kier alpha value is -1.55. The van der Waals surface area contributed by atoms with Crippen molar-refractivity contribution in [2.24, 2.45) is 0 Å². The number of rotatable bonds is 3. The van der Waals surface area contributed by atoms with Crippen LogP contribution in [0.25, 0.3) is 0 Å². The summed E-state index contributed by atoms with van der Waals surface area (Å²) in [5.74, 6) is 1.61. The van der Waals surface area contributed by atoms with Crippen molar-refractivity contribution in [1.29, 1.82) is 0 Å². The SMILES string of the molecule is COc1cccc(Nc2cccc(Br)n2)c1. The molecule has 4 heteroatoms. The van der Waals surface area contributed by atoms with Crippen LogP contribution in [-0.4, -0.2) is 12.1 Å². The van der Waals surface area contributed by atoms with E-state index in [0.29, 0.717) is 0 Å². The predicted octanol–water partition coefficient (Wildman–Crippen LogP) is 3.60. The molecule has 82 valence electrons. The molecule has 2 aromatic rings. The second-order valence-electron chi connectivity index (χ2n) is 3.20. The third kappa shape index (κ3) is 2.73. The first-order valence-corrected chi connectivity index (χ1v) is 5.61. The van der Waals surface area contributed by atoms with E-state index in [-0.39, 0.29) is 0 Å². The highest BCUT2D eigenvalue weighted by molar-refractivity contribution is 9.10. The molecular weight excluding hydrogens is 268 g/mol. The minimum Gasteiger partial charge on any atom is -0.497 e. The maximum absolute atomic E-state index is 5.15. The first-order valence-electron chi connectivity index (χ1n) is 4.81. The molecule has 0 amide bonds. The van der Waals surface area contributed by atoms with Crippen molar-refractivity contribution in [3.05, 3.63) is 47.1 Å². The Balaban J connectivity index is 2.20. The van der Waals surface area contributed by atoms with Crippen molar-refractivity contribution in [2.75, 3.05) is 12.4 Å². The van der Waals surface area contributed by atoms with E-state index >= 15 is 0 Å². The monoisotopic (exact) mass is 278 g/mol. The van der Waals surface area contributed by atoms with Gasteiger partial charge in [0.2, 0.25) is 0 Å². The second-order valence-corrected chi connectivity index (χ2v) is 4.01. The first-order chi connectivity index (χ1) is 7.78. The molecule has 0 saturated carbocycles. The molecule has 0 fully saturated rings. The van der Waals surface area contributed by atoms with E-state index in [9.17, 15) is 0 Å². The third-order valence-corrected chi connectivity index (χ3v) is 2.50. The van der Waals surface area contributed by atoms with Gasteiger partial charge in [-0.1, -0.05) is 12.1 Å². The normalized spacial score (nSPS) is 9.88. The Labute approximate surface area is 103 Å². The molecule has 2 rings (SSSR count). The van der Waals surface area contributed by atoms with Gasteiger partial charge in [-0.3, -0.25) is 0 Å². The number of nitrogens with zero attached hydrogens (tertiary/aromatic N) is 1. The maximum Gasteiger partial charge on any atom is 0.131 e. The van der Waals surface area contributed by atoms with Crippen LogP contribution in [0.4, 0.5) is 11.5 Å². The van der Waals surface area contributed by atoms with Crippen molar-refractivity contribution in [3.63, 3.8) is 0 Å². The fourth-order valence-electron chi connectivity index (χ4n) is 1.33. The van der Waals surface area contributed by atoms with Crippen LogP contribution in [0.5, 0.6) is 5.75 Å². The molecule has 1 aromatic heterocycles. The van der Waals surface area contributed by atoms with Gasteiger partial charge in [0.05, 0.1) is 7.11 Å². The van der Waals surface area contributed by atoms with Gasteiger partial charge in [0.1, 0.15) is 16.2 Å². The highest BCUT2D eigenvalue weighted by atomic mass is 79.9. The van der Waals surface area contributed by atoms with E-state index in [2.05, 4.69) is 26.2 Å². The van der Waals surface area contributed by atoms with Crippen LogP contribution < -0.4 is 10.1 Å². The molecule has 0 spiro atoms. The fraction of sp³-hybridized carbons (Fsp3) is 0.0833. The van der Waals surface area contributed by atoms with E-state index in [1.807, 2.05) is 42.5 Å². The molecule has 1 N–H and O–H groups in total. The molecule has 3 nitrogen and oxygen atoms in total. The summed E-state index contributed by atoms with van der Waals surface area (Å²) in [7, 11) is 1.65. The van der Waals surface area contributed by atoms with Gasteiger partial charge in [-0.2, -0.15) is 0 Å². The highest BCUT2D eigenvalue weighted by Crippen LogP contribution is 2.20. The quantitative estimate of drug-likeness (QED) is 0.872. The lowest BCUT2D eigenvalue weighted by molar-refractivity contribution is 0.415. The zero-order chi connectivity index (χ0) is 11.4. The van der Waals surface area contributed by atoms with E-state index in [0.717, 1.165) is 21.9 Å². The van der Waals surface area contributed by atoms with Gasteiger partial charge in [-0.25, -0.2) is 4.98 Å². The van der Waals surface area contributed by atoms with Gasteiger partial charge >= 0.3 is 0 Å². The summed E-state index contributed by atoms with van der Waals surface area (Å²) in [6.45, 7) is 0. The summed E-state index contributed by atoms with van der Waals surface area (Å²) >= 11 is 3.33. The molecule has 0 aliphatic rings. The average Bonchev–Trinajstić information content (AvgIpc) is 2.29. The number of methoxy groups -OCH3 is 1. The number of pyridine rings is 1. The third-order valence-electron chi connectivity index (χ3n) is 2.06. The minimum absolute atomic E-state index is 0.794. The topological polar surface area (TPSA) is 34.1 Å².